The lowest BCUT2D eigenvalue weighted by Gasteiger charge is -2.45. The number of fused-ring (bicyclic) bond motifs is 5. The molecule has 1 saturated carbocycles. The smallest absolute Gasteiger partial charge is 0.286 e. The predicted octanol–water partition coefficient (Wildman–Crippen LogP) is 6.87. The van der Waals surface area contributed by atoms with Gasteiger partial charge in [-0.05, 0) is 118 Å². The maximum absolute atomic E-state index is 15.1. The van der Waals surface area contributed by atoms with Crippen LogP contribution in [-0.4, -0.2) is 76.1 Å². The van der Waals surface area contributed by atoms with Gasteiger partial charge in [0, 0.05) is 48.1 Å². The zero-order valence-corrected chi connectivity index (χ0v) is 34.2. The van der Waals surface area contributed by atoms with Crippen molar-refractivity contribution in [3.63, 3.8) is 0 Å². The normalized spacial score (nSPS) is 33.4. The number of halogens is 1. The van der Waals surface area contributed by atoms with Crippen molar-refractivity contribution in [2.45, 2.75) is 94.8 Å². The second-order valence-electron chi connectivity index (χ2n) is 17.0. The van der Waals surface area contributed by atoms with Crippen LogP contribution in [-0.2, 0) is 44.4 Å². The minimum absolute atomic E-state index is 0.0854. The number of aliphatic hydroxyl groups is 1. The molecule has 2 N–H and O–H groups in total. The number of aliphatic hydroxyl groups excluding tert-OH is 1. The Labute approximate surface area is 335 Å². The van der Waals surface area contributed by atoms with Gasteiger partial charge < -0.3 is 28.8 Å². The number of benzene rings is 2. The Balaban J connectivity index is 1.17. The molecule has 0 saturated heterocycles. The number of carbonyl (C=O) groups is 2. The van der Waals surface area contributed by atoms with Crippen molar-refractivity contribution < 1.29 is 33.1 Å². The van der Waals surface area contributed by atoms with Crippen LogP contribution in [0.2, 0.25) is 5.02 Å². The van der Waals surface area contributed by atoms with Crippen LogP contribution in [0.3, 0.4) is 0 Å². The summed E-state index contributed by atoms with van der Waals surface area (Å²) in [6.45, 7) is 8.62. The van der Waals surface area contributed by atoms with Gasteiger partial charge >= 0.3 is 0 Å². The Hall–Kier alpha value is -3.68. The number of rotatable bonds is 4. The monoisotopic (exact) mass is 804 g/mol. The molecular weight excluding hydrogens is 752 g/mol. The quantitative estimate of drug-likeness (QED) is 0.273. The highest BCUT2D eigenvalue weighted by Crippen LogP contribution is 2.47. The molecule has 2 bridgehead atoms. The van der Waals surface area contributed by atoms with Crippen molar-refractivity contribution in [1.29, 1.82) is 0 Å². The average molecular weight is 805 g/mol. The van der Waals surface area contributed by atoms with Crippen LogP contribution in [0.15, 0.2) is 65.2 Å². The maximum atomic E-state index is 15.1. The molecule has 8 rings (SSSR count). The molecule has 1 fully saturated rings. The van der Waals surface area contributed by atoms with Crippen molar-refractivity contribution in [2.24, 2.45) is 22.1 Å². The van der Waals surface area contributed by atoms with Crippen LogP contribution in [0.5, 0.6) is 5.75 Å². The summed E-state index contributed by atoms with van der Waals surface area (Å²) in [5.41, 5.74) is 3.76. The molecule has 300 valence electrons. The van der Waals surface area contributed by atoms with Gasteiger partial charge in [-0.3, -0.25) is 14.3 Å². The van der Waals surface area contributed by atoms with E-state index in [1.54, 1.807) is 38.4 Å². The summed E-state index contributed by atoms with van der Waals surface area (Å²) in [7, 11) is -2.06. The van der Waals surface area contributed by atoms with Crippen molar-refractivity contribution >= 4 is 39.0 Å². The zero-order valence-electron chi connectivity index (χ0n) is 32.7. The second kappa shape index (κ2) is 15.2. The van der Waals surface area contributed by atoms with E-state index in [-0.39, 0.29) is 28.7 Å². The number of aryl methyl sites for hydroxylation is 1. The van der Waals surface area contributed by atoms with Crippen LogP contribution >= 0.6 is 11.6 Å². The highest BCUT2D eigenvalue weighted by atomic mass is 35.5. The third kappa shape index (κ3) is 7.43. The highest BCUT2D eigenvalue weighted by Gasteiger charge is 2.44. The number of ether oxygens (including phenoxy) is 3. The Morgan fingerprint density at radius 1 is 1.16 bits per heavy atom. The van der Waals surface area contributed by atoms with Gasteiger partial charge in [0.15, 0.2) is 0 Å². The first kappa shape index (κ1) is 39.2. The molecule has 5 aliphatic rings. The minimum atomic E-state index is -3.68. The fourth-order valence-corrected chi connectivity index (χ4v) is 11.5. The third-order valence-corrected chi connectivity index (χ3v) is 15.7. The largest absolute Gasteiger partial charge is 0.490 e. The van der Waals surface area contributed by atoms with E-state index in [1.165, 1.54) is 11.1 Å². The summed E-state index contributed by atoms with van der Waals surface area (Å²) < 4.78 is 42.2. The number of aromatic nitrogens is 1. The standard InChI is InChI=1S/C43H53ClN4O7S/c1-27-7-5-9-38(49)35-13-10-31(35)20-48-24-43(16-6-8-29-17-33(44)12-14-36(29)43)26-54-39-15-11-30(19-37(39)48)40(50)45-56(52,28(27)2)46-41(51)32-18-34-22-55-42(3,25-53-4)23-47(34)21-32/h5,9,11-12,14-15,17-19,21,27-28,31,35,38,49H,6-8,10,13,16,20,22-26H2,1-4H3,(H,45,46,50,51,52)/b9-5-/t27-,28+,31-,35+,38-,42?,43-,56?/m0/s1. The minimum Gasteiger partial charge on any atom is -0.490 e. The number of methoxy groups -OCH3 is 1. The molecule has 3 aromatic rings. The summed E-state index contributed by atoms with van der Waals surface area (Å²) in [6.07, 6.45) is 10.2. The van der Waals surface area contributed by atoms with Crippen molar-refractivity contribution in [2.75, 3.05) is 38.3 Å². The molecule has 4 heterocycles. The van der Waals surface area contributed by atoms with E-state index in [2.05, 4.69) is 26.1 Å². The van der Waals surface area contributed by atoms with Gasteiger partial charge in [0.2, 0.25) is 0 Å². The molecule has 2 aliphatic carbocycles. The summed E-state index contributed by atoms with van der Waals surface area (Å²) in [5, 5.41) is 11.5. The molecule has 56 heavy (non-hydrogen) atoms. The second-order valence-corrected chi connectivity index (χ2v) is 19.7. The third-order valence-electron chi connectivity index (χ3n) is 13.0. The van der Waals surface area contributed by atoms with E-state index in [9.17, 15) is 14.7 Å². The van der Waals surface area contributed by atoms with Crippen LogP contribution in [0, 0.1) is 17.8 Å². The summed E-state index contributed by atoms with van der Waals surface area (Å²) in [6, 6.07) is 13.2. The Bertz CT molecular complexity index is 2180. The first-order valence-electron chi connectivity index (χ1n) is 19.9. The first-order valence-corrected chi connectivity index (χ1v) is 21.8. The summed E-state index contributed by atoms with van der Waals surface area (Å²) in [4.78, 5) is 30.5. The molecule has 1 aromatic heterocycles. The van der Waals surface area contributed by atoms with E-state index in [4.69, 9.17) is 25.8 Å². The molecule has 8 atom stereocenters. The average Bonchev–Trinajstić information content (AvgIpc) is 3.50. The number of nitrogens with zero attached hydrogens (tertiary/aromatic N) is 3. The van der Waals surface area contributed by atoms with Crippen LogP contribution < -0.4 is 14.4 Å². The Morgan fingerprint density at radius 3 is 2.79 bits per heavy atom. The van der Waals surface area contributed by atoms with Gasteiger partial charge in [-0.25, -0.2) is 4.21 Å². The fraction of sp³-hybridized carbons (Fsp3) is 0.535. The molecule has 11 nitrogen and oxygen atoms in total. The van der Waals surface area contributed by atoms with Crippen LogP contribution in [0.4, 0.5) is 5.69 Å². The van der Waals surface area contributed by atoms with E-state index < -0.39 is 38.7 Å². The maximum Gasteiger partial charge on any atom is 0.286 e. The van der Waals surface area contributed by atoms with Gasteiger partial charge in [0.25, 0.3) is 11.8 Å². The van der Waals surface area contributed by atoms with E-state index >= 15 is 4.21 Å². The van der Waals surface area contributed by atoms with Gasteiger partial charge in [-0.1, -0.05) is 36.7 Å². The summed E-state index contributed by atoms with van der Waals surface area (Å²) in [5.74, 6) is -0.517. The molecule has 0 radical (unpaired) electrons. The zero-order chi connectivity index (χ0) is 39.4. The number of nitrogens with one attached hydrogen (secondary N) is 1. The molecular formula is C43H53ClN4O7S. The van der Waals surface area contributed by atoms with Crippen molar-refractivity contribution in [3.8, 4) is 5.75 Å². The van der Waals surface area contributed by atoms with Gasteiger partial charge in [-0.15, -0.1) is 4.36 Å². The lowest BCUT2D eigenvalue weighted by molar-refractivity contribution is -0.112. The number of carbonyl (C=O) groups excluding carboxylic acids is 2. The van der Waals surface area contributed by atoms with E-state index in [0.717, 1.165) is 48.5 Å². The van der Waals surface area contributed by atoms with E-state index in [0.29, 0.717) is 57.2 Å². The molecule has 13 heteroatoms. The number of hydrogen-bond acceptors (Lipinski definition) is 8. The topological polar surface area (TPSA) is 132 Å². The Kier molecular flexibility index (Phi) is 10.7. The van der Waals surface area contributed by atoms with Gasteiger partial charge in [0.05, 0.1) is 49.0 Å². The SMILES string of the molecule is COCC1(C)Cn2cc(C(=O)NS3(=O)=NC(=O)c4ccc5c(c4)N(C[C@@H]4CC[C@H]4[C@@H](O)/C=C\C[C@H](C)[C@H]3C)C[C@@]3(CCCc4cc(Cl)ccc43)CO5)cc2CO1. The molecule has 2 unspecified atom stereocenters. The van der Waals surface area contributed by atoms with Crippen molar-refractivity contribution in [3.05, 3.63) is 93.8 Å². The highest BCUT2D eigenvalue weighted by molar-refractivity contribution is 7.93. The number of hydrogen-bond donors (Lipinski definition) is 2. The molecule has 2 aromatic carbocycles. The molecule has 2 amide bonds. The summed E-state index contributed by atoms with van der Waals surface area (Å²) >= 11 is 6.46. The van der Waals surface area contributed by atoms with Crippen molar-refractivity contribution in [1.82, 2.24) is 9.29 Å². The Morgan fingerprint density at radius 2 is 2.00 bits per heavy atom. The fourth-order valence-electron chi connectivity index (χ4n) is 9.44. The predicted molar refractivity (Wildman–Crippen MR) is 217 cm³/mol. The lowest BCUT2D eigenvalue weighted by atomic mass is 9.68. The number of amides is 2. The van der Waals surface area contributed by atoms with Gasteiger partial charge in [-0.2, -0.15) is 0 Å². The molecule has 3 aliphatic heterocycles. The van der Waals surface area contributed by atoms with Crippen LogP contribution in [0.25, 0.3) is 0 Å². The van der Waals surface area contributed by atoms with Gasteiger partial charge in [0.1, 0.15) is 21.3 Å². The number of anilines is 1. The number of allylic oxidation sites excluding steroid dienone is 1. The molecule has 1 spiro atoms. The first-order chi connectivity index (χ1) is 26.8. The van der Waals surface area contributed by atoms with Crippen LogP contribution in [0.1, 0.15) is 90.4 Å². The lowest BCUT2D eigenvalue weighted by Crippen LogP contribution is -2.49. The van der Waals surface area contributed by atoms with E-state index in [1.807, 2.05) is 42.7 Å².